The molecule has 0 aliphatic heterocycles. The van der Waals surface area contributed by atoms with E-state index in [1.54, 1.807) is 0 Å². The van der Waals surface area contributed by atoms with E-state index in [2.05, 4.69) is 202 Å². The molecular formula is C54H41NO. The Bertz CT molecular complexity index is 2900. The summed E-state index contributed by atoms with van der Waals surface area (Å²) in [6.45, 7) is 9.39. The van der Waals surface area contributed by atoms with E-state index in [1.165, 1.54) is 66.8 Å². The molecule has 2 heteroatoms. The van der Waals surface area contributed by atoms with Crippen molar-refractivity contribution in [3.8, 4) is 44.5 Å². The molecule has 56 heavy (non-hydrogen) atoms. The third-order valence-electron chi connectivity index (χ3n) is 12.7. The van der Waals surface area contributed by atoms with E-state index in [0.29, 0.717) is 0 Å². The van der Waals surface area contributed by atoms with E-state index in [-0.39, 0.29) is 10.8 Å². The minimum absolute atomic E-state index is 0.0709. The minimum atomic E-state index is -0.0709. The maximum Gasteiger partial charge on any atom is 0.159 e. The van der Waals surface area contributed by atoms with E-state index in [4.69, 9.17) is 4.42 Å². The van der Waals surface area contributed by atoms with Crippen molar-refractivity contribution in [1.29, 1.82) is 0 Å². The van der Waals surface area contributed by atoms with Gasteiger partial charge in [-0.25, -0.2) is 0 Å². The van der Waals surface area contributed by atoms with Crippen molar-refractivity contribution < 1.29 is 4.42 Å². The molecule has 0 spiro atoms. The molecule has 0 saturated heterocycles. The monoisotopic (exact) mass is 719 g/mol. The molecule has 2 aliphatic carbocycles. The number of hydrogen-bond donors (Lipinski definition) is 0. The van der Waals surface area contributed by atoms with Gasteiger partial charge >= 0.3 is 0 Å². The molecule has 0 saturated carbocycles. The van der Waals surface area contributed by atoms with Crippen LogP contribution in [0.1, 0.15) is 49.9 Å². The Morgan fingerprint density at radius 2 is 0.839 bits per heavy atom. The molecule has 0 unspecified atom stereocenters. The van der Waals surface area contributed by atoms with Crippen LogP contribution >= 0.6 is 0 Å². The predicted molar refractivity (Wildman–Crippen MR) is 234 cm³/mol. The first-order chi connectivity index (χ1) is 27.3. The lowest BCUT2D eigenvalue weighted by Crippen LogP contribution is -2.15. The molecule has 268 valence electrons. The van der Waals surface area contributed by atoms with Gasteiger partial charge in [-0.2, -0.15) is 0 Å². The topological polar surface area (TPSA) is 16.4 Å². The minimum Gasteiger partial charge on any atom is -0.454 e. The molecule has 2 aliphatic rings. The average molecular weight is 720 g/mol. The van der Waals surface area contributed by atoms with E-state index < -0.39 is 0 Å². The van der Waals surface area contributed by atoms with Crippen molar-refractivity contribution in [2.45, 2.75) is 38.5 Å². The number of para-hydroxylation sites is 2. The van der Waals surface area contributed by atoms with Crippen molar-refractivity contribution in [2.75, 3.05) is 4.90 Å². The Morgan fingerprint density at radius 3 is 1.43 bits per heavy atom. The summed E-state index contributed by atoms with van der Waals surface area (Å²) in [7, 11) is 0. The Balaban J connectivity index is 1.07. The van der Waals surface area contributed by atoms with Crippen molar-refractivity contribution in [3.63, 3.8) is 0 Å². The summed E-state index contributed by atoms with van der Waals surface area (Å²) >= 11 is 0. The Labute approximate surface area is 328 Å². The molecule has 9 aromatic rings. The van der Waals surface area contributed by atoms with Crippen LogP contribution in [0.2, 0.25) is 0 Å². The molecule has 0 fully saturated rings. The van der Waals surface area contributed by atoms with Crippen molar-refractivity contribution in [3.05, 3.63) is 198 Å². The average Bonchev–Trinajstić information content (AvgIpc) is 3.81. The molecule has 1 aromatic heterocycles. The quantitative estimate of drug-likeness (QED) is 0.176. The maximum absolute atomic E-state index is 6.70. The molecule has 2 nitrogen and oxygen atoms in total. The van der Waals surface area contributed by atoms with Crippen LogP contribution in [0.3, 0.4) is 0 Å². The highest BCUT2D eigenvalue weighted by Gasteiger charge is 2.36. The first-order valence-electron chi connectivity index (χ1n) is 19.7. The first kappa shape index (κ1) is 32.8. The van der Waals surface area contributed by atoms with E-state index in [0.717, 1.165) is 39.0 Å². The van der Waals surface area contributed by atoms with Crippen LogP contribution in [0.15, 0.2) is 180 Å². The normalized spacial score (nSPS) is 14.4. The summed E-state index contributed by atoms with van der Waals surface area (Å²) in [5, 5.41) is 2.23. The number of rotatable bonds is 5. The van der Waals surface area contributed by atoms with Gasteiger partial charge in [0.2, 0.25) is 0 Å². The molecule has 0 radical (unpaired) electrons. The first-order valence-corrected chi connectivity index (χ1v) is 19.7. The second-order valence-electron chi connectivity index (χ2n) is 16.6. The van der Waals surface area contributed by atoms with Gasteiger partial charge in [0, 0.05) is 33.0 Å². The highest BCUT2D eigenvalue weighted by atomic mass is 16.3. The summed E-state index contributed by atoms with van der Waals surface area (Å²) in [6, 6.07) is 64.5. The zero-order chi connectivity index (χ0) is 37.8. The van der Waals surface area contributed by atoms with Gasteiger partial charge in [0.15, 0.2) is 5.58 Å². The zero-order valence-corrected chi connectivity index (χ0v) is 32.1. The Hall–Kier alpha value is -6.64. The smallest absolute Gasteiger partial charge is 0.159 e. The van der Waals surface area contributed by atoms with Crippen LogP contribution < -0.4 is 4.90 Å². The molecular weight excluding hydrogens is 679 g/mol. The lowest BCUT2D eigenvalue weighted by molar-refractivity contribution is 0.660. The van der Waals surface area contributed by atoms with Crippen LogP contribution in [0.4, 0.5) is 17.1 Å². The summed E-state index contributed by atoms with van der Waals surface area (Å²) < 4.78 is 6.70. The van der Waals surface area contributed by atoms with Crippen molar-refractivity contribution >= 4 is 39.0 Å². The summed E-state index contributed by atoms with van der Waals surface area (Å²) in [6.07, 6.45) is 0. The summed E-state index contributed by atoms with van der Waals surface area (Å²) in [4.78, 5) is 2.37. The fraction of sp³-hybridized carbons (Fsp3) is 0.111. The lowest BCUT2D eigenvalue weighted by Gasteiger charge is -2.27. The van der Waals surface area contributed by atoms with E-state index in [9.17, 15) is 0 Å². The van der Waals surface area contributed by atoms with Crippen LogP contribution in [0, 0.1) is 0 Å². The van der Waals surface area contributed by atoms with Crippen molar-refractivity contribution in [1.82, 2.24) is 0 Å². The van der Waals surface area contributed by atoms with Crippen LogP contribution in [-0.2, 0) is 10.8 Å². The molecule has 11 rings (SSSR count). The molecule has 0 atom stereocenters. The van der Waals surface area contributed by atoms with Gasteiger partial charge in [0.05, 0.1) is 5.69 Å². The SMILES string of the molecule is CC1(C)c2ccccc2-c2ccc(-c3cccc(N(c4cccc(-c5ccc6c(c5)C(C)(C)c5ccccc5-6)c4)c4cccc5c4oc4ccccc45)c3)cc21. The summed E-state index contributed by atoms with van der Waals surface area (Å²) in [5.41, 5.74) is 20.4. The van der Waals surface area contributed by atoms with Gasteiger partial charge in [-0.3, -0.25) is 0 Å². The van der Waals surface area contributed by atoms with E-state index >= 15 is 0 Å². The number of benzene rings is 8. The maximum atomic E-state index is 6.70. The highest BCUT2D eigenvalue weighted by Crippen LogP contribution is 2.52. The molecule has 1 heterocycles. The van der Waals surface area contributed by atoms with E-state index in [1.807, 2.05) is 6.07 Å². The summed E-state index contributed by atoms with van der Waals surface area (Å²) in [5.74, 6) is 0. The third kappa shape index (κ3) is 4.75. The van der Waals surface area contributed by atoms with Gasteiger partial charge < -0.3 is 9.32 Å². The highest BCUT2D eigenvalue weighted by molar-refractivity contribution is 6.10. The number of furan rings is 1. The second-order valence-corrected chi connectivity index (χ2v) is 16.6. The molecule has 0 N–H and O–H groups in total. The number of hydrogen-bond acceptors (Lipinski definition) is 2. The number of anilines is 3. The van der Waals surface area contributed by atoms with Gasteiger partial charge in [-0.05, 0) is 115 Å². The fourth-order valence-corrected chi connectivity index (χ4v) is 9.75. The van der Waals surface area contributed by atoms with Gasteiger partial charge in [-0.1, -0.05) is 155 Å². The fourth-order valence-electron chi connectivity index (χ4n) is 9.75. The predicted octanol–water partition coefficient (Wildman–Crippen LogP) is 15.0. The standard InChI is InChI=1S/C54H41NO/c1-53(2)46-22-8-5-18-40(46)42-28-26-36(32-48(42)53)34-14-11-16-38(30-34)55(50-24-13-21-45-44-20-7-10-25-51(44)56-52(45)50)39-17-12-15-35(31-39)37-27-29-43-41-19-6-9-23-47(41)54(3,4)49(43)33-37/h5-33H,1-4H3. The molecule has 8 aromatic carbocycles. The number of nitrogens with zero attached hydrogens (tertiary/aromatic N) is 1. The second kappa shape index (κ2) is 11.9. The van der Waals surface area contributed by atoms with Gasteiger partial charge in [-0.15, -0.1) is 0 Å². The Kier molecular flexibility index (Phi) is 6.98. The van der Waals surface area contributed by atoms with Gasteiger partial charge in [0.25, 0.3) is 0 Å². The lowest BCUT2D eigenvalue weighted by atomic mass is 9.81. The number of fused-ring (bicyclic) bond motifs is 9. The largest absolute Gasteiger partial charge is 0.454 e. The van der Waals surface area contributed by atoms with Crippen LogP contribution in [0.25, 0.3) is 66.4 Å². The molecule has 0 bridgehead atoms. The van der Waals surface area contributed by atoms with Crippen LogP contribution in [-0.4, -0.2) is 0 Å². The Morgan fingerprint density at radius 1 is 0.375 bits per heavy atom. The third-order valence-corrected chi connectivity index (χ3v) is 12.7. The van der Waals surface area contributed by atoms with Gasteiger partial charge in [0.1, 0.15) is 5.58 Å². The zero-order valence-electron chi connectivity index (χ0n) is 32.1. The molecule has 0 amide bonds. The van der Waals surface area contributed by atoms with Crippen molar-refractivity contribution in [2.24, 2.45) is 0 Å². The van der Waals surface area contributed by atoms with Crippen LogP contribution in [0.5, 0.6) is 0 Å².